The average molecular weight is 171 g/mol. The van der Waals surface area contributed by atoms with Crippen LogP contribution in [0.15, 0.2) is 0 Å². The van der Waals surface area contributed by atoms with Gasteiger partial charge in [-0.3, -0.25) is 0 Å². The number of rotatable bonds is 2. The summed E-state index contributed by atoms with van der Waals surface area (Å²) in [5, 5.41) is 12.7. The molecule has 0 radical (unpaired) electrons. The summed E-state index contributed by atoms with van der Waals surface area (Å²) in [6.07, 6.45) is 3.67. The highest BCUT2D eigenvalue weighted by Gasteiger charge is 2.29. The number of aliphatic hydroxyl groups is 1. The molecule has 0 amide bonds. The molecular weight excluding hydrogens is 150 g/mol. The Morgan fingerprint density at radius 1 is 1.33 bits per heavy atom. The normalized spacial score (nSPS) is 31.0. The predicted molar refractivity (Wildman–Crippen MR) is 51.1 cm³/mol. The smallest absolute Gasteiger partial charge is 0.0474 e. The second-order valence-electron chi connectivity index (χ2n) is 4.87. The first kappa shape index (κ1) is 10.0. The van der Waals surface area contributed by atoms with Gasteiger partial charge in [-0.1, -0.05) is 6.42 Å². The van der Waals surface area contributed by atoms with E-state index >= 15 is 0 Å². The summed E-state index contributed by atoms with van der Waals surface area (Å²) < 4.78 is 0. The largest absolute Gasteiger partial charge is 0.396 e. The lowest BCUT2D eigenvalue weighted by Gasteiger charge is -2.29. The standard InChI is InChI=1S/C10H21NO/c1-10(2,3)11-9-6-4-5-8(9)7-12/h8-9,11-12H,4-7H2,1-3H3/t8-,9-/m0/s1. The molecule has 2 heteroatoms. The highest BCUT2D eigenvalue weighted by atomic mass is 16.3. The zero-order valence-electron chi connectivity index (χ0n) is 8.43. The van der Waals surface area contributed by atoms with Crippen molar-refractivity contribution < 1.29 is 5.11 Å². The number of aliphatic hydroxyl groups excluding tert-OH is 1. The van der Waals surface area contributed by atoms with Crippen LogP contribution in [-0.4, -0.2) is 23.3 Å². The minimum atomic E-state index is 0.183. The van der Waals surface area contributed by atoms with Gasteiger partial charge >= 0.3 is 0 Å². The quantitative estimate of drug-likeness (QED) is 0.660. The van der Waals surface area contributed by atoms with E-state index < -0.39 is 0 Å². The fourth-order valence-corrected chi connectivity index (χ4v) is 2.00. The Balaban J connectivity index is 2.41. The molecule has 72 valence electrons. The maximum absolute atomic E-state index is 9.09. The molecule has 0 saturated heterocycles. The molecule has 0 aromatic carbocycles. The Morgan fingerprint density at radius 3 is 2.50 bits per heavy atom. The highest BCUT2D eigenvalue weighted by Crippen LogP contribution is 2.26. The third-order valence-corrected chi connectivity index (χ3v) is 2.51. The van der Waals surface area contributed by atoms with Crippen LogP contribution in [0.3, 0.4) is 0 Å². The maximum atomic E-state index is 9.09. The third kappa shape index (κ3) is 2.76. The van der Waals surface area contributed by atoms with Gasteiger partial charge < -0.3 is 10.4 Å². The van der Waals surface area contributed by atoms with Crippen LogP contribution in [-0.2, 0) is 0 Å². The molecule has 0 heterocycles. The molecule has 2 nitrogen and oxygen atoms in total. The van der Waals surface area contributed by atoms with Crippen molar-refractivity contribution in [3.8, 4) is 0 Å². The SMILES string of the molecule is CC(C)(C)N[C@H]1CCC[C@H]1CO. The molecule has 0 aromatic rings. The van der Waals surface area contributed by atoms with Gasteiger partial charge in [0.25, 0.3) is 0 Å². The second kappa shape index (κ2) is 3.75. The molecule has 1 saturated carbocycles. The maximum Gasteiger partial charge on any atom is 0.0474 e. The Bertz CT molecular complexity index is 139. The summed E-state index contributed by atoms with van der Waals surface area (Å²) in [7, 11) is 0. The summed E-state index contributed by atoms with van der Waals surface area (Å²) in [6.45, 7) is 6.88. The van der Waals surface area contributed by atoms with E-state index in [2.05, 4.69) is 26.1 Å². The van der Waals surface area contributed by atoms with Crippen LogP contribution in [0, 0.1) is 5.92 Å². The molecule has 2 atom stereocenters. The van der Waals surface area contributed by atoms with Gasteiger partial charge in [-0.15, -0.1) is 0 Å². The summed E-state index contributed by atoms with van der Waals surface area (Å²) in [5.41, 5.74) is 0.183. The molecular formula is C10H21NO. The van der Waals surface area contributed by atoms with Crippen molar-refractivity contribution in [1.82, 2.24) is 5.32 Å². The van der Waals surface area contributed by atoms with E-state index in [9.17, 15) is 0 Å². The Morgan fingerprint density at radius 2 is 2.00 bits per heavy atom. The van der Waals surface area contributed by atoms with Gasteiger partial charge in [0.05, 0.1) is 0 Å². The van der Waals surface area contributed by atoms with E-state index in [1.165, 1.54) is 19.3 Å². The van der Waals surface area contributed by atoms with E-state index in [4.69, 9.17) is 5.11 Å². The Labute approximate surface area is 75.4 Å². The number of hydrogen-bond donors (Lipinski definition) is 2. The van der Waals surface area contributed by atoms with Gasteiger partial charge in [0.2, 0.25) is 0 Å². The van der Waals surface area contributed by atoms with Crippen molar-refractivity contribution in [2.75, 3.05) is 6.61 Å². The number of hydrogen-bond acceptors (Lipinski definition) is 2. The zero-order valence-corrected chi connectivity index (χ0v) is 8.43. The predicted octanol–water partition coefficient (Wildman–Crippen LogP) is 1.54. The van der Waals surface area contributed by atoms with E-state index in [1.807, 2.05) is 0 Å². The molecule has 1 aliphatic rings. The van der Waals surface area contributed by atoms with Crippen LogP contribution in [0.1, 0.15) is 40.0 Å². The fraction of sp³-hybridized carbons (Fsp3) is 1.00. The minimum Gasteiger partial charge on any atom is -0.396 e. The molecule has 0 unspecified atom stereocenters. The van der Waals surface area contributed by atoms with Crippen molar-refractivity contribution in [3.05, 3.63) is 0 Å². The summed E-state index contributed by atoms with van der Waals surface area (Å²) in [5.74, 6) is 0.490. The van der Waals surface area contributed by atoms with Crippen LogP contribution >= 0.6 is 0 Å². The van der Waals surface area contributed by atoms with Crippen LogP contribution in [0.5, 0.6) is 0 Å². The van der Waals surface area contributed by atoms with E-state index in [-0.39, 0.29) is 5.54 Å². The monoisotopic (exact) mass is 171 g/mol. The van der Waals surface area contributed by atoms with Gasteiger partial charge in [-0.05, 0) is 39.5 Å². The lowest BCUT2D eigenvalue weighted by molar-refractivity contribution is 0.190. The van der Waals surface area contributed by atoms with Crippen molar-refractivity contribution in [2.24, 2.45) is 5.92 Å². The molecule has 0 bridgehead atoms. The fourth-order valence-electron chi connectivity index (χ4n) is 2.00. The molecule has 0 aromatic heterocycles. The van der Waals surface area contributed by atoms with Gasteiger partial charge in [-0.2, -0.15) is 0 Å². The zero-order chi connectivity index (χ0) is 9.19. The third-order valence-electron chi connectivity index (χ3n) is 2.51. The average Bonchev–Trinajstić information content (AvgIpc) is 2.31. The summed E-state index contributed by atoms with van der Waals surface area (Å²) in [4.78, 5) is 0. The first-order valence-electron chi connectivity index (χ1n) is 4.91. The lowest BCUT2D eigenvalue weighted by Crippen LogP contribution is -2.46. The molecule has 1 aliphatic carbocycles. The topological polar surface area (TPSA) is 32.3 Å². The van der Waals surface area contributed by atoms with Crippen LogP contribution in [0.4, 0.5) is 0 Å². The molecule has 0 aliphatic heterocycles. The van der Waals surface area contributed by atoms with Crippen LogP contribution in [0.2, 0.25) is 0 Å². The summed E-state index contributed by atoms with van der Waals surface area (Å²) >= 11 is 0. The van der Waals surface area contributed by atoms with Crippen molar-refractivity contribution in [3.63, 3.8) is 0 Å². The first-order valence-corrected chi connectivity index (χ1v) is 4.91. The molecule has 1 rings (SSSR count). The van der Waals surface area contributed by atoms with Crippen molar-refractivity contribution in [2.45, 2.75) is 51.6 Å². The highest BCUT2D eigenvalue weighted by molar-refractivity contribution is 4.87. The number of nitrogens with one attached hydrogen (secondary N) is 1. The van der Waals surface area contributed by atoms with Gasteiger partial charge in [0.1, 0.15) is 0 Å². The molecule has 1 fully saturated rings. The second-order valence-corrected chi connectivity index (χ2v) is 4.87. The van der Waals surface area contributed by atoms with Gasteiger partial charge in [0, 0.05) is 18.2 Å². The van der Waals surface area contributed by atoms with E-state index in [1.54, 1.807) is 0 Å². The van der Waals surface area contributed by atoms with Gasteiger partial charge in [-0.25, -0.2) is 0 Å². The Hall–Kier alpha value is -0.0800. The van der Waals surface area contributed by atoms with Crippen molar-refractivity contribution in [1.29, 1.82) is 0 Å². The van der Waals surface area contributed by atoms with Crippen LogP contribution in [0.25, 0.3) is 0 Å². The van der Waals surface area contributed by atoms with E-state index in [0.717, 1.165) is 0 Å². The van der Waals surface area contributed by atoms with Gasteiger partial charge in [0.15, 0.2) is 0 Å². The molecule has 2 N–H and O–H groups in total. The van der Waals surface area contributed by atoms with E-state index in [0.29, 0.717) is 18.6 Å². The minimum absolute atomic E-state index is 0.183. The van der Waals surface area contributed by atoms with Crippen molar-refractivity contribution >= 4 is 0 Å². The van der Waals surface area contributed by atoms with Crippen LogP contribution < -0.4 is 5.32 Å². The molecule has 0 spiro atoms. The lowest BCUT2D eigenvalue weighted by atomic mass is 10.0. The first-order chi connectivity index (χ1) is 5.53. The summed E-state index contributed by atoms with van der Waals surface area (Å²) in [6, 6.07) is 0.537. The Kier molecular flexibility index (Phi) is 3.13. The molecule has 12 heavy (non-hydrogen) atoms.